The van der Waals surface area contributed by atoms with Gasteiger partial charge in [-0.25, -0.2) is 0 Å². The highest BCUT2D eigenvalue weighted by Crippen LogP contribution is 2.42. The molecule has 2 amide bonds. The Morgan fingerprint density at radius 1 is 1.03 bits per heavy atom. The Hall–Kier alpha value is -3.28. The molecule has 172 valence electrons. The molecular weight excluding hydrogens is 414 g/mol. The van der Waals surface area contributed by atoms with Gasteiger partial charge in [0.05, 0.1) is 19.7 Å². The quantitative estimate of drug-likeness (QED) is 0.547. The van der Waals surface area contributed by atoms with E-state index in [2.05, 4.69) is 24.0 Å². The lowest BCUT2D eigenvalue weighted by molar-refractivity contribution is -0.158. The molecule has 3 aromatic rings. The number of para-hydroxylation sites is 1. The van der Waals surface area contributed by atoms with Crippen molar-refractivity contribution < 1.29 is 14.3 Å². The van der Waals surface area contributed by atoms with E-state index in [-0.39, 0.29) is 24.4 Å². The second-order valence-corrected chi connectivity index (χ2v) is 9.08. The average Bonchev–Trinajstić information content (AvgIpc) is 3.22. The van der Waals surface area contributed by atoms with Gasteiger partial charge in [0, 0.05) is 29.6 Å². The van der Waals surface area contributed by atoms with Gasteiger partial charge in [0.15, 0.2) is 0 Å². The van der Waals surface area contributed by atoms with Crippen LogP contribution in [0.2, 0.25) is 0 Å². The molecular formula is C27H31N3O3. The maximum Gasteiger partial charge on any atom is 0.246 e. The minimum Gasteiger partial charge on any atom is -0.497 e. The van der Waals surface area contributed by atoms with Crippen molar-refractivity contribution in [3.05, 3.63) is 65.4 Å². The summed E-state index contributed by atoms with van der Waals surface area (Å²) in [5, 5.41) is 1.13. The van der Waals surface area contributed by atoms with Gasteiger partial charge in [0.25, 0.3) is 0 Å². The first kappa shape index (κ1) is 21.6. The number of rotatable bonds is 7. The van der Waals surface area contributed by atoms with Crippen molar-refractivity contribution in [1.29, 1.82) is 0 Å². The van der Waals surface area contributed by atoms with Gasteiger partial charge in [0.1, 0.15) is 11.8 Å². The van der Waals surface area contributed by atoms with E-state index < -0.39 is 6.04 Å². The zero-order valence-corrected chi connectivity index (χ0v) is 19.3. The molecule has 1 fully saturated rings. The molecule has 1 aromatic heterocycles. The Labute approximate surface area is 194 Å². The van der Waals surface area contributed by atoms with Crippen molar-refractivity contribution in [1.82, 2.24) is 14.8 Å². The number of aromatic nitrogens is 1. The number of nitrogens with one attached hydrogen (secondary N) is 1. The number of aromatic amines is 1. The van der Waals surface area contributed by atoms with Crippen LogP contribution in [0.5, 0.6) is 5.75 Å². The number of hydrogen-bond acceptors (Lipinski definition) is 3. The topological polar surface area (TPSA) is 65.6 Å². The van der Waals surface area contributed by atoms with Crippen LogP contribution < -0.4 is 4.74 Å². The first-order chi connectivity index (χ1) is 16.1. The van der Waals surface area contributed by atoms with Crippen molar-refractivity contribution in [3.8, 4) is 5.75 Å². The molecule has 0 bridgehead atoms. The van der Waals surface area contributed by atoms with Crippen LogP contribution in [0.25, 0.3) is 10.9 Å². The van der Waals surface area contributed by atoms with Crippen LogP contribution in [0.4, 0.5) is 0 Å². The van der Waals surface area contributed by atoms with Crippen molar-refractivity contribution in [2.24, 2.45) is 0 Å². The lowest BCUT2D eigenvalue weighted by atomic mass is 9.86. The molecule has 1 N–H and O–H groups in total. The molecule has 0 aliphatic carbocycles. The van der Waals surface area contributed by atoms with Crippen molar-refractivity contribution in [3.63, 3.8) is 0 Å². The number of hydrogen-bond donors (Lipinski definition) is 1. The van der Waals surface area contributed by atoms with Crippen molar-refractivity contribution in [2.45, 2.75) is 51.1 Å². The van der Waals surface area contributed by atoms with Crippen LogP contribution in [-0.4, -0.2) is 52.8 Å². The third kappa shape index (κ3) is 3.77. The molecule has 2 aromatic carbocycles. The highest BCUT2D eigenvalue weighted by Gasteiger charge is 2.48. The average molecular weight is 446 g/mol. The van der Waals surface area contributed by atoms with Crippen LogP contribution in [-0.2, 0) is 16.0 Å². The van der Waals surface area contributed by atoms with E-state index in [1.165, 1.54) is 0 Å². The number of H-pyrrole nitrogens is 1. The van der Waals surface area contributed by atoms with E-state index in [0.29, 0.717) is 13.0 Å². The number of amides is 2. The van der Waals surface area contributed by atoms with Gasteiger partial charge in [-0.3, -0.25) is 9.59 Å². The molecule has 0 saturated carbocycles. The van der Waals surface area contributed by atoms with Crippen LogP contribution in [0, 0.1) is 0 Å². The third-order valence-electron chi connectivity index (χ3n) is 7.06. The van der Waals surface area contributed by atoms with E-state index in [4.69, 9.17) is 4.74 Å². The van der Waals surface area contributed by atoms with Gasteiger partial charge in [0.2, 0.25) is 11.8 Å². The highest BCUT2D eigenvalue weighted by atomic mass is 16.5. The summed E-state index contributed by atoms with van der Waals surface area (Å²) in [6.45, 7) is 2.99. The van der Waals surface area contributed by atoms with Crippen LogP contribution in [0.1, 0.15) is 55.5 Å². The van der Waals surface area contributed by atoms with Crippen LogP contribution in [0.3, 0.4) is 0 Å². The monoisotopic (exact) mass is 445 g/mol. The van der Waals surface area contributed by atoms with Gasteiger partial charge in [-0.1, -0.05) is 56.5 Å². The van der Waals surface area contributed by atoms with Gasteiger partial charge in [-0.2, -0.15) is 0 Å². The van der Waals surface area contributed by atoms with Gasteiger partial charge in [-0.15, -0.1) is 0 Å². The number of ether oxygens (including phenoxy) is 1. The molecule has 5 rings (SSSR count). The maximum absolute atomic E-state index is 13.6. The van der Waals surface area contributed by atoms with Crippen molar-refractivity contribution in [2.75, 3.05) is 20.2 Å². The van der Waals surface area contributed by atoms with Crippen LogP contribution in [0.15, 0.2) is 48.5 Å². The van der Waals surface area contributed by atoms with E-state index in [1.807, 2.05) is 41.3 Å². The number of carbonyl (C=O) groups is 2. The summed E-state index contributed by atoms with van der Waals surface area (Å²) in [4.78, 5) is 34.3. The molecule has 2 aliphatic heterocycles. The molecule has 2 aliphatic rings. The fourth-order valence-corrected chi connectivity index (χ4v) is 5.37. The maximum atomic E-state index is 13.6. The van der Waals surface area contributed by atoms with E-state index in [0.717, 1.165) is 59.2 Å². The number of piperazine rings is 1. The molecule has 0 radical (unpaired) electrons. The summed E-state index contributed by atoms with van der Waals surface area (Å²) in [7, 11) is 1.64. The summed E-state index contributed by atoms with van der Waals surface area (Å²) in [5.74, 6) is 0.850. The molecule has 33 heavy (non-hydrogen) atoms. The number of fused-ring (bicyclic) bond motifs is 4. The Balaban J connectivity index is 1.56. The second-order valence-electron chi connectivity index (χ2n) is 9.08. The van der Waals surface area contributed by atoms with E-state index >= 15 is 0 Å². The molecule has 1 unspecified atom stereocenters. The molecule has 6 heteroatoms. The van der Waals surface area contributed by atoms with E-state index in [1.54, 1.807) is 12.0 Å². The van der Waals surface area contributed by atoms with E-state index in [9.17, 15) is 9.59 Å². The fourth-order valence-electron chi connectivity index (χ4n) is 5.37. The number of nitrogens with zero attached hydrogens (tertiary/aromatic N) is 2. The largest absolute Gasteiger partial charge is 0.497 e. The molecule has 3 heterocycles. The number of benzene rings is 2. The predicted octanol–water partition coefficient (Wildman–Crippen LogP) is 4.44. The lowest BCUT2D eigenvalue weighted by Gasteiger charge is -2.47. The Morgan fingerprint density at radius 3 is 2.58 bits per heavy atom. The zero-order valence-electron chi connectivity index (χ0n) is 19.3. The van der Waals surface area contributed by atoms with Crippen molar-refractivity contribution >= 4 is 22.7 Å². The lowest BCUT2D eigenvalue weighted by Crippen LogP contribution is -2.63. The molecule has 0 spiro atoms. The first-order valence-corrected chi connectivity index (χ1v) is 12.0. The molecule has 2 atom stereocenters. The molecule has 6 nitrogen and oxygen atoms in total. The number of carbonyl (C=O) groups excluding carboxylic acids is 2. The summed E-state index contributed by atoms with van der Waals surface area (Å²) in [6.07, 6.45) is 4.88. The zero-order chi connectivity index (χ0) is 22.9. The normalized spacial score (nSPS) is 20.2. The minimum atomic E-state index is -0.476. The second kappa shape index (κ2) is 8.93. The molecule has 1 saturated heterocycles. The fraction of sp³-hybridized carbons (Fsp3) is 0.407. The Kier molecular flexibility index (Phi) is 5.83. The van der Waals surface area contributed by atoms with Gasteiger partial charge in [-0.05, 0) is 35.7 Å². The smallest absolute Gasteiger partial charge is 0.246 e. The third-order valence-corrected chi connectivity index (χ3v) is 7.06. The first-order valence-electron chi connectivity index (χ1n) is 12.0. The van der Waals surface area contributed by atoms with Gasteiger partial charge < -0.3 is 19.5 Å². The standard InChI is InChI=1S/C27H31N3O3/c1-3-4-5-8-15-29-17-24(31)30-23(27(29)32)16-21-20-9-6-7-10-22(20)28-25(21)26(30)18-11-13-19(33-2)14-12-18/h6-7,9-14,23,26,28H,3-5,8,15-17H2,1-2H3/t23-,26?/m0/s1. The summed E-state index contributed by atoms with van der Waals surface area (Å²) < 4.78 is 5.34. The number of unbranched alkanes of at least 4 members (excludes halogenated alkanes) is 3. The van der Waals surface area contributed by atoms with Gasteiger partial charge >= 0.3 is 0 Å². The summed E-state index contributed by atoms with van der Waals surface area (Å²) in [5.41, 5.74) is 4.17. The highest BCUT2D eigenvalue weighted by molar-refractivity contribution is 5.97. The Morgan fingerprint density at radius 2 is 1.82 bits per heavy atom. The van der Waals surface area contributed by atoms with Crippen LogP contribution >= 0.6 is 0 Å². The predicted molar refractivity (Wildman–Crippen MR) is 128 cm³/mol. The summed E-state index contributed by atoms with van der Waals surface area (Å²) in [6, 6.07) is 15.2. The number of methoxy groups -OCH3 is 1. The summed E-state index contributed by atoms with van der Waals surface area (Å²) >= 11 is 0. The SMILES string of the molecule is CCCCCCN1CC(=O)N2C(c3ccc(OC)cc3)c3[nH]c4ccccc4c3C[C@H]2C1=O. The Bertz CT molecular complexity index is 1170. The minimum absolute atomic E-state index is 0.0141.